The molecule has 0 fully saturated rings. The average molecular weight is 568 g/mol. The van der Waals surface area contributed by atoms with Crippen LogP contribution in [0.4, 0.5) is 20.3 Å². The third kappa shape index (κ3) is 6.65. The molecule has 0 spiro atoms. The summed E-state index contributed by atoms with van der Waals surface area (Å²) < 4.78 is 35.9. The molecule has 0 aliphatic heterocycles. The van der Waals surface area contributed by atoms with Gasteiger partial charge in [0.2, 0.25) is 5.82 Å². The Bertz CT molecular complexity index is 1540. The van der Waals surface area contributed by atoms with Crippen molar-refractivity contribution in [3.05, 3.63) is 71.1 Å². The number of unbranched alkanes of at least 4 members (excludes halogenated alkanes) is 4. The maximum Gasteiger partial charge on any atom is 0.252 e. The van der Waals surface area contributed by atoms with Crippen LogP contribution in [-0.4, -0.2) is 40.0 Å². The second-order valence-corrected chi connectivity index (χ2v) is 9.34. The van der Waals surface area contributed by atoms with E-state index in [1.165, 1.54) is 24.5 Å². The molecule has 9 nitrogen and oxygen atoms in total. The molecule has 2 heterocycles. The van der Waals surface area contributed by atoms with Crippen molar-refractivity contribution in [2.75, 3.05) is 25.0 Å². The highest BCUT2D eigenvalue weighted by Gasteiger charge is 2.20. The molecule has 0 aliphatic rings. The maximum atomic E-state index is 14.9. The number of halogens is 3. The Morgan fingerprint density at radius 3 is 2.67 bits per heavy atom. The van der Waals surface area contributed by atoms with Crippen molar-refractivity contribution in [3.63, 3.8) is 0 Å². The molecular formula is C28H28ClF2N7O2. The molecule has 0 saturated heterocycles. The number of benzene rings is 2. The molecule has 0 aliphatic carbocycles. The molecule has 0 saturated carbocycles. The Morgan fingerprint density at radius 1 is 1.10 bits per heavy atom. The molecule has 2 aromatic heterocycles. The summed E-state index contributed by atoms with van der Waals surface area (Å²) >= 11 is 6.41. The van der Waals surface area contributed by atoms with Gasteiger partial charge >= 0.3 is 0 Å². The Balaban J connectivity index is 1.47. The average Bonchev–Trinajstić information content (AvgIpc) is 3.38. The van der Waals surface area contributed by atoms with Gasteiger partial charge in [0.05, 0.1) is 22.5 Å². The summed E-state index contributed by atoms with van der Waals surface area (Å²) in [6.45, 7) is 0.857. The number of nitriles is 1. The summed E-state index contributed by atoms with van der Waals surface area (Å²) in [4.78, 5) is 21.2. The number of carbonyl (C=O) groups excluding carboxylic acids is 1. The summed E-state index contributed by atoms with van der Waals surface area (Å²) in [7, 11) is 0. The summed E-state index contributed by atoms with van der Waals surface area (Å²) in [5, 5.41) is 14.9. The fraction of sp³-hybridized carbons (Fsp3) is 0.286. The minimum absolute atomic E-state index is 0.0413. The molecule has 4 aromatic rings. The van der Waals surface area contributed by atoms with Gasteiger partial charge in [0, 0.05) is 30.2 Å². The third-order valence-electron chi connectivity index (χ3n) is 6.19. The first-order valence-electron chi connectivity index (χ1n) is 12.8. The molecule has 1 amide bonds. The lowest BCUT2D eigenvalue weighted by molar-refractivity contribution is 0.0953. The van der Waals surface area contributed by atoms with Crippen LogP contribution >= 0.6 is 11.6 Å². The van der Waals surface area contributed by atoms with Crippen molar-refractivity contribution >= 4 is 34.7 Å². The largest absolute Gasteiger partial charge is 0.476 e. The van der Waals surface area contributed by atoms with Gasteiger partial charge in [-0.15, -0.1) is 0 Å². The van der Waals surface area contributed by atoms with Crippen LogP contribution in [0.2, 0.25) is 5.02 Å². The standard InChI is InChI=1S/C28H28ClF2N7O2/c29-21-16-18(6-7-19(21)28(39)35-12-5-3-1-2-4-10-32)37-26-27-36-17-22(38(27)14-13-34-26)20-8-9-23(40-15-11-33)25(31)24(20)30/h6-9,13-14,16-17H,1-5,10,12,15,32H2,(H,34,37)(H,35,39). The van der Waals surface area contributed by atoms with Crippen molar-refractivity contribution in [2.24, 2.45) is 5.73 Å². The van der Waals surface area contributed by atoms with Gasteiger partial charge in [-0.3, -0.25) is 9.20 Å². The first-order valence-corrected chi connectivity index (χ1v) is 13.2. The number of hydrogen-bond donors (Lipinski definition) is 3. The van der Waals surface area contributed by atoms with Crippen LogP contribution < -0.4 is 21.1 Å². The molecule has 0 atom stereocenters. The summed E-state index contributed by atoms with van der Waals surface area (Å²) in [6.07, 6.45) is 9.55. The highest BCUT2D eigenvalue weighted by molar-refractivity contribution is 6.34. The minimum atomic E-state index is -1.20. The van der Waals surface area contributed by atoms with E-state index in [0.717, 1.165) is 32.1 Å². The first kappa shape index (κ1) is 28.7. The fourth-order valence-corrected chi connectivity index (χ4v) is 4.43. The van der Waals surface area contributed by atoms with E-state index in [-0.39, 0.29) is 27.9 Å². The quantitative estimate of drug-likeness (QED) is 0.179. The fourth-order valence-electron chi connectivity index (χ4n) is 4.17. The third-order valence-corrected chi connectivity index (χ3v) is 6.50. The topological polar surface area (TPSA) is 130 Å². The number of fused-ring (bicyclic) bond motifs is 1. The molecule has 0 radical (unpaired) electrons. The molecule has 4 rings (SSSR count). The molecule has 208 valence electrons. The van der Waals surface area contributed by atoms with Crippen LogP contribution in [0.5, 0.6) is 5.75 Å². The Morgan fingerprint density at radius 2 is 1.90 bits per heavy atom. The van der Waals surface area contributed by atoms with Gasteiger partial charge in [-0.2, -0.15) is 9.65 Å². The summed E-state index contributed by atoms with van der Waals surface area (Å²) in [6, 6.07) is 9.24. The van der Waals surface area contributed by atoms with Gasteiger partial charge < -0.3 is 21.1 Å². The van der Waals surface area contributed by atoms with Gasteiger partial charge in [0.25, 0.3) is 5.91 Å². The van der Waals surface area contributed by atoms with Crippen molar-refractivity contribution in [2.45, 2.75) is 32.1 Å². The highest BCUT2D eigenvalue weighted by atomic mass is 35.5. The number of rotatable bonds is 13. The zero-order chi connectivity index (χ0) is 28.5. The van der Waals surface area contributed by atoms with Gasteiger partial charge in [-0.1, -0.05) is 30.9 Å². The van der Waals surface area contributed by atoms with E-state index in [1.54, 1.807) is 34.9 Å². The number of nitrogens with one attached hydrogen (secondary N) is 2. The molecule has 12 heteroatoms. The number of ether oxygens (including phenoxy) is 1. The molecular weight excluding hydrogens is 540 g/mol. The smallest absolute Gasteiger partial charge is 0.252 e. The van der Waals surface area contributed by atoms with E-state index in [2.05, 4.69) is 20.6 Å². The summed E-state index contributed by atoms with van der Waals surface area (Å²) in [5.74, 6) is -2.60. The lowest BCUT2D eigenvalue weighted by Gasteiger charge is -2.11. The van der Waals surface area contributed by atoms with E-state index >= 15 is 0 Å². The zero-order valence-corrected chi connectivity index (χ0v) is 22.3. The van der Waals surface area contributed by atoms with Gasteiger partial charge in [-0.05, 0) is 49.7 Å². The second-order valence-electron chi connectivity index (χ2n) is 8.93. The maximum absolute atomic E-state index is 14.9. The number of amides is 1. The van der Waals surface area contributed by atoms with Gasteiger partial charge in [0.15, 0.2) is 29.6 Å². The highest BCUT2D eigenvalue weighted by Crippen LogP contribution is 2.32. The van der Waals surface area contributed by atoms with Crippen molar-refractivity contribution in [1.29, 1.82) is 5.26 Å². The van der Waals surface area contributed by atoms with E-state index in [1.807, 2.05) is 0 Å². The van der Waals surface area contributed by atoms with Crippen molar-refractivity contribution in [1.82, 2.24) is 19.7 Å². The van der Waals surface area contributed by atoms with E-state index in [0.29, 0.717) is 35.8 Å². The Kier molecular flexibility index (Phi) is 9.83. The van der Waals surface area contributed by atoms with Gasteiger partial charge in [-0.25, -0.2) is 14.4 Å². The number of hydrogen-bond acceptors (Lipinski definition) is 7. The molecule has 4 N–H and O–H groups in total. The van der Waals surface area contributed by atoms with E-state index in [4.69, 9.17) is 27.3 Å². The van der Waals surface area contributed by atoms with E-state index < -0.39 is 18.2 Å². The predicted molar refractivity (Wildman–Crippen MR) is 149 cm³/mol. The first-order chi connectivity index (χ1) is 19.4. The molecule has 40 heavy (non-hydrogen) atoms. The number of nitrogens with zero attached hydrogens (tertiary/aromatic N) is 4. The molecule has 0 unspecified atom stereocenters. The number of anilines is 2. The van der Waals surface area contributed by atoms with E-state index in [9.17, 15) is 13.6 Å². The lowest BCUT2D eigenvalue weighted by Crippen LogP contribution is -2.24. The molecule has 2 aromatic carbocycles. The SMILES string of the molecule is N#CCOc1ccc(-c2cnc3c(Nc4ccc(C(=O)NCCCCCCCN)c(Cl)c4)nccn23)c(F)c1F. The Labute approximate surface area is 234 Å². The molecule has 0 bridgehead atoms. The normalized spacial score (nSPS) is 10.9. The van der Waals surface area contributed by atoms with Crippen LogP contribution in [0.15, 0.2) is 48.9 Å². The van der Waals surface area contributed by atoms with Crippen LogP contribution in [0.1, 0.15) is 42.5 Å². The van der Waals surface area contributed by atoms with Crippen LogP contribution in [0.3, 0.4) is 0 Å². The predicted octanol–water partition coefficient (Wildman–Crippen LogP) is 5.61. The number of carbonyl (C=O) groups is 1. The lowest BCUT2D eigenvalue weighted by atomic mass is 10.1. The van der Waals surface area contributed by atoms with Crippen LogP contribution in [0, 0.1) is 23.0 Å². The van der Waals surface area contributed by atoms with Crippen LogP contribution in [0.25, 0.3) is 16.9 Å². The van der Waals surface area contributed by atoms with Gasteiger partial charge in [0.1, 0.15) is 6.07 Å². The van der Waals surface area contributed by atoms with Crippen LogP contribution in [-0.2, 0) is 0 Å². The number of nitrogens with two attached hydrogens (primary N) is 1. The van der Waals surface area contributed by atoms with Crippen molar-refractivity contribution < 1.29 is 18.3 Å². The Hall–Kier alpha value is -4.27. The number of aromatic nitrogens is 3. The number of imidazole rings is 1. The second kappa shape index (κ2) is 13.7. The summed E-state index contributed by atoms with van der Waals surface area (Å²) in [5.41, 5.74) is 7.00. The van der Waals surface area contributed by atoms with Crippen molar-refractivity contribution in [3.8, 4) is 23.1 Å². The zero-order valence-electron chi connectivity index (χ0n) is 21.6. The monoisotopic (exact) mass is 567 g/mol. The minimum Gasteiger partial charge on any atom is -0.476 e.